The standard InChI is InChI=1S/C17H26N2O2/c1-2-6-16(18)17(20)19-11-9-14(10-12-19)13-21-15-7-4-3-5-8-15/h3-5,7-8,14,16H,2,6,9-13,18H2,1H3. The number of piperidine rings is 1. The fourth-order valence-corrected chi connectivity index (χ4v) is 2.72. The smallest absolute Gasteiger partial charge is 0.239 e. The van der Waals surface area contributed by atoms with Gasteiger partial charge in [0.1, 0.15) is 5.75 Å². The largest absolute Gasteiger partial charge is 0.493 e. The van der Waals surface area contributed by atoms with Crippen molar-refractivity contribution < 1.29 is 9.53 Å². The van der Waals surface area contributed by atoms with Crippen molar-refractivity contribution in [1.82, 2.24) is 4.90 Å². The maximum Gasteiger partial charge on any atom is 0.239 e. The van der Waals surface area contributed by atoms with Crippen molar-refractivity contribution in [2.75, 3.05) is 19.7 Å². The van der Waals surface area contributed by atoms with Gasteiger partial charge >= 0.3 is 0 Å². The molecule has 2 N–H and O–H groups in total. The van der Waals surface area contributed by atoms with Crippen LogP contribution in [0, 0.1) is 5.92 Å². The minimum absolute atomic E-state index is 0.110. The predicted molar refractivity (Wildman–Crippen MR) is 84.1 cm³/mol. The minimum Gasteiger partial charge on any atom is -0.493 e. The van der Waals surface area contributed by atoms with Gasteiger partial charge in [-0.1, -0.05) is 31.5 Å². The third-order valence-corrected chi connectivity index (χ3v) is 4.07. The topological polar surface area (TPSA) is 55.6 Å². The Balaban J connectivity index is 1.72. The average molecular weight is 290 g/mol. The lowest BCUT2D eigenvalue weighted by atomic mass is 9.97. The molecular weight excluding hydrogens is 264 g/mol. The second-order valence-electron chi connectivity index (χ2n) is 5.79. The van der Waals surface area contributed by atoms with Crippen LogP contribution in [-0.4, -0.2) is 36.5 Å². The van der Waals surface area contributed by atoms with Gasteiger partial charge in [-0.05, 0) is 37.3 Å². The number of nitrogens with zero attached hydrogens (tertiary/aromatic N) is 1. The van der Waals surface area contributed by atoms with E-state index >= 15 is 0 Å². The highest BCUT2D eigenvalue weighted by atomic mass is 16.5. The molecule has 1 aliphatic rings. The molecule has 0 saturated carbocycles. The van der Waals surface area contributed by atoms with Crippen LogP contribution in [0.25, 0.3) is 0 Å². The molecule has 116 valence electrons. The number of para-hydroxylation sites is 1. The molecule has 0 bridgehead atoms. The molecule has 1 aliphatic heterocycles. The molecule has 0 aromatic heterocycles. The lowest BCUT2D eigenvalue weighted by molar-refractivity contribution is -0.134. The number of nitrogens with two attached hydrogens (primary N) is 1. The molecule has 0 aliphatic carbocycles. The molecule has 2 rings (SSSR count). The quantitative estimate of drug-likeness (QED) is 0.875. The van der Waals surface area contributed by atoms with E-state index in [0.717, 1.165) is 51.1 Å². The molecule has 1 amide bonds. The predicted octanol–water partition coefficient (Wildman–Crippen LogP) is 2.43. The van der Waals surface area contributed by atoms with Crippen LogP contribution in [0.2, 0.25) is 0 Å². The Labute approximate surface area is 127 Å². The first-order valence-corrected chi connectivity index (χ1v) is 7.93. The third-order valence-electron chi connectivity index (χ3n) is 4.07. The Morgan fingerprint density at radius 2 is 2.00 bits per heavy atom. The number of carbonyl (C=O) groups is 1. The lowest BCUT2D eigenvalue weighted by Crippen LogP contribution is -2.47. The van der Waals surface area contributed by atoms with Crippen LogP contribution in [-0.2, 0) is 4.79 Å². The Bertz CT molecular complexity index is 428. The van der Waals surface area contributed by atoms with Gasteiger partial charge in [0, 0.05) is 13.1 Å². The van der Waals surface area contributed by atoms with Crippen molar-refractivity contribution in [3.8, 4) is 5.75 Å². The van der Waals surface area contributed by atoms with Gasteiger partial charge in [-0.25, -0.2) is 0 Å². The van der Waals surface area contributed by atoms with E-state index in [9.17, 15) is 4.79 Å². The number of carbonyl (C=O) groups excluding carboxylic acids is 1. The summed E-state index contributed by atoms with van der Waals surface area (Å²) in [6.45, 7) is 4.39. The number of likely N-dealkylation sites (tertiary alicyclic amines) is 1. The van der Waals surface area contributed by atoms with Gasteiger partial charge in [0.15, 0.2) is 0 Å². The average Bonchev–Trinajstić information content (AvgIpc) is 2.54. The summed E-state index contributed by atoms with van der Waals surface area (Å²) in [5.74, 6) is 1.55. The summed E-state index contributed by atoms with van der Waals surface area (Å²) in [5.41, 5.74) is 5.91. The first-order chi connectivity index (χ1) is 10.2. The van der Waals surface area contributed by atoms with Crippen LogP contribution in [0.15, 0.2) is 30.3 Å². The molecule has 21 heavy (non-hydrogen) atoms. The Morgan fingerprint density at radius 1 is 1.33 bits per heavy atom. The highest BCUT2D eigenvalue weighted by molar-refractivity contribution is 5.81. The first kappa shape index (κ1) is 15.8. The monoisotopic (exact) mass is 290 g/mol. The molecule has 4 heteroatoms. The van der Waals surface area contributed by atoms with Gasteiger partial charge in [-0.15, -0.1) is 0 Å². The van der Waals surface area contributed by atoms with Crippen molar-refractivity contribution in [3.05, 3.63) is 30.3 Å². The number of rotatable bonds is 6. The zero-order chi connectivity index (χ0) is 15.1. The van der Waals surface area contributed by atoms with Crippen molar-refractivity contribution in [2.24, 2.45) is 11.7 Å². The number of hydrogen-bond donors (Lipinski definition) is 1. The molecule has 1 aromatic rings. The van der Waals surface area contributed by atoms with E-state index < -0.39 is 0 Å². The molecular formula is C17H26N2O2. The van der Waals surface area contributed by atoms with E-state index in [-0.39, 0.29) is 11.9 Å². The summed E-state index contributed by atoms with van der Waals surface area (Å²) in [6.07, 6.45) is 3.72. The van der Waals surface area contributed by atoms with Crippen LogP contribution >= 0.6 is 0 Å². The van der Waals surface area contributed by atoms with Crippen LogP contribution in [0.3, 0.4) is 0 Å². The van der Waals surface area contributed by atoms with Crippen molar-refractivity contribution in [3.63, 3.8) is 0 Å². The van der Waals surface area contributed by atoms with E-state index in [2.05, 4.69) is 6.92 Å². The van der Waals surface area contributed by atoms with E-state index in [4.69, 9.17) is 10.5 Å². The van der Waals surface area contributed by atoms with Gasteiger partial charge in [-0.2, -0.15) is 0 Å². The Hall–Kier alpha value is -1.55. The number of benzene rings is 1. The van der Waals surface area contributed by atoms with E-state index in [1.807, 2.05) is 35.2 Å². The van der Waals surface area contributed by atoms with Crippen LogP contribution in [0.4, 0.5) is 0 Å². The highest BCUT2D eigenvalue weighted by Gasteiger charge is 2.26. The SMILES string of the molecule is CCCC(N)C(=O)N1CCC(COc2ccccc2)CC1. The summed E-state index contributed by atoms with van der Waals surface area (Å²) in [6, 6.07) is 9.56. The van der Waals surface area contributed by atoms with Crippen molar-refractivity contribution >= 4 is 5.91 Å². The first-order valence-electron chi connectivity index (χ1n) is 7.93. The highest BCUT2D eigenvalue weighted by Crippen LogP contribution is 2.20. The molecule has 1 fully saturated rings. The van der Waals surface area contributed by atoms with Crippen LogP contribution in [0.1, 0.15) is 32.6 Å². The van der Waals surface area contributed by atoms with E-state index in [1.165, 1.54) is 0 Å². The lowest BCUT2D eigenvalue weighted by Gasteiger charge is -2.33. The Kier molecular flexibility index (Phi) is 6.05. The maximum absolute atomic E-state index is 12.1. The molecule has 1 heterocycles. The molecule has 1 unspecified atom stereocenters. The number of hydrogen-bond acceptors (Lipinski definition) is 3. The molecule has 4 nitrogen and oxygen atoms in total. The molecule has 1 atom stereocenters. The summed E-state index contributed by atoms with van der Waals surface area (Å²) in [7, 11) is 0. The van der Waals surface area contributed by atoms with Crippen molar-refractivity contribution in [2.45, 2.75) is 38.6 Å². The second-order valence-corrected chi connectivity index (χ2v) is 5.79. The van der Waals surface area contributed by atoms with E-state index in [1.54, 1.807) is 0 Å². The van der Waals surface area contributed by atoms with Gasteiger partial charge in [0.05, 0.1) is 12.6 Å². The van der Waals surface area contributed by atoms with Gasteiger partial charge < -0.3 is 15.4 Å². The molecule has 1 aromatic carbocycles. The Morgan fingerprint density at radius 3 is 2.62 bits per heavy atom. The van der Waals surface area contributed by atoms with E-state index in [0.29, 0.717) is 5.92 Å². The van der Waals surface area contributed by atoms with Gasteiger partial charge in [0.25, 0.3) is 0 Å². The van der Waals surface area contributed by atoms with Gasteiger partial charge in [0.2, 0.25) is 5.91 Å². The zero-order valence-corrected chi connectivity index (χ0v) is 12.8. The summed E-state index contributed by atoms with van der Waals surface area (Å²) in [5, 5.41) is 0. The fourth-order valence-electron chi connectivity index (χ4n) is 2.72. The normalized spacial score (nSPS) is 17.5. The molecule has 0 spiro atoms. The zero-order valence-electron chi connectivity index (χ0n) is 12.8. The number of amides is 1. The van der Waals surface area contributed by atoms with Gasteiger partial charge in [-0.3, -0.25) is 4.79 Å². The third kappa shape index (κ3) is 4.74. The molecule has 0 radical (unpaired) electrons. The van der Waals surface area contributed by atoms with Crippen LogP contribution < -0.4 is 10.5 Å². The minimum atomic E-state index is -0.327. The molecule has 1 saturated heterocycles. The maximum atomic E-state index is 12.1. The summed E-state index contributed by atoms with van der Waals surface area (Å²) in [4.78, 5) is 14.1. The second kappa shape index (κ2) is 8.03. The summed E-state index contributed by atoms with van der Waals surface area (Å²) >= 11 is 0. The van der Waals surface area contributed by atoms with Crippen molar-refractivity contribution in [1.29, 1.82) is 0 Å². The number of ether oxygens (including phenoxy) is 1. The summed E-state index contributed by atoms with van der Waals surface area (Å²) < 4.78 is 5.80. The fraction of sp³-hybridized carbons (Fsp3) is 0.588. The van der Waals surface area contributed by atoms with Crippen LogP contribution in [0.5, 0.6) is 5.75 Å².